The predicted octanol–water partition coefficient (Wildman–Crippen LogP) is 4.47. The van der Waals surface area contributed by atoms with Crippen LogP contribution in [0, 0.1) is 6.92 Å². The second kappa shape index (κ2) is 10.4. The molecule has 0 radical (unpaired) electrons. The normalized spacial score (nSPS) is 11.5. The van der Waals surface area contributed by atoms with Crippen molar-refractivity contribution in [1.82, 2.24) is 14.3 Å². The first-order valence-electron chi connectivity index (χ1n) is 10.7. The minimum atomic E-state index is -0.291. The molecule has 0 bridgehead atoms. The van der Waals surface area contributed by atoms with Gasteiger partial charge in [-0.3, -0.25) is 0 Å². The molecule has 0 unspecified atom stereocenters. The monoisotopic (exact) mass is 478 g/mol. The van der Waals surface area contributed by atoms with Crippen LogP contribution in [-0.4, -0.2) is 27.2 Å². The Kier molecular flexibility index (Phi) is 7.12. The molecule has 0 fully saturated rings. The Balaban J connectivity index is 1.48. The fourth-order valence-electron chi connectivity index (χ4n) is 3.55. The lowest BCUT2D eigenvalue weighted by Gasteiger charge is -2.13. The number of methoxy groups -OCH3 is 1. The van der Waals surface area contributed by atoms with Crippen LogP contribution in [0.1, 0.15) is 29.2 Å². The molecule has 4 aromatic rings. The van der Waals surface area contributed by atoms with Crippen LogP contribution in [-0.2, 0) is 25.1 Å². The fourth-order valence-corrected chi connectivity index (χ4v) is 4.21. The van der Waals surface area contributed by atoms with Crippen LogP contribution in [0.4, 0.5) is 0 Å². The van der Waals surface area contributed by atoms with Crippen LogP contribution >= 0.6 is 11.3 Å². The van der Waals surface area contributed by atoms with Gasteiger partial charge in [0.2, 0.25) is 0 Å². The van der Waals surface area contributed by atoms with E-state index in [1.165, 1.54) is 16.4 Å². The fraction of sp³-hybridized carbons (Fsp3) is 0.240. The van der Waals surface area contributed by atoms with E-state index in [-0.39, 0.29) is 18.3 Å². The SMILES string of the molecule is COc1nn(C)c(=O)n1-c1ccccc1COc1ccc(/C(C)=N/OCc2ccsc2)c(C)c1. The minimum absolute atomic E-state index is 0.219. The summed E-state index contributed by atoms with van der Waals surface area (Å²) in [4.78, 5) is 18.1. The molecule has 0 amide bonds. The molecule has 2 heterocycles. The van der Waals surface area contributed by atoms with E-state index in [2.05, 4.69) is 10.3 Å². The van der Waals surface area contributed by atoms with Gasteiger partial charge in [0, 0.05) is 23.7 Å². The third-order valence-electron chi connectivity index (χ3n) is 5.30. The van der Waals surface area contributed by atoms with Gasteiger partial charge in [-0.25, -0.2) is 14.0 Å². The van der Waals surface area contributed by atoms with E-state index in [9.17, 15) is 4.79 Å². The number of hydrogen-bond acceptors (Lipinski definition) is 7. The van der Waals surface area contributed by atoms with Gasteiger partial charge in [-0.15, -0.1) is 5.10 Å². The van der Waals surface area contributed by atoms with Gasteiger partial charge in [0.1, 0.15) is 19.0 Å². The van der Waals surface area contributed by atoms with Crippen molar-refractivity contribution in [3.05, 3.63) is 92.0 Å². The zero-order valence-corrected chi connectivity index (χ0v) is 20.3. The van der Waals surface area contributed by atoms with Crippen LogP contribution in [0.2, 0.25) is 0 Å². The van der Waals surface area contributed by atoms with Gasteiger partial charge in [-0.2, -0.15) is 11.3 Å². The van der Waals surface area contributed by atoms with Crippen molar-refractivity contribution < 1.29 is 14.3 Å². The number of thiophene rings is 1. The number of aryl methyl sites for hydroxylation is 2. The van der Waals surface area contributed by atoms with E-state index >= 15 is 0 Å². The molecule has 0 N–H and O–H groups in total. The molecule has 0 aliphatic carbocycles. The Morgan fingerprint density at radius 1 is 1.15 bits per heavy atom. The molecular weight excluding hydrogens is 452 g/mol. The van der Waals surface area contributed by atoms with Crippen LogP contribution < -0.4 is 15.2 Å². The van der Waals surface area contributed by atoms with Crippen molar-refractivity contribution in [3.8, 4) is 17.4 Å². The molecule has 8 nitrogen and oxygen atoms in total. The largest absolute Gasteiger partial charge is 0.489 e. The molecule has 9 heteroatoms. The third kappa shape index (κ3) is 5.04. The molecule has 2 aromatic heterocycles. The quantitative estimate of drug-likeness (QED) is 0.262. The number of para-hydroxylation sites is 1. The smallest absolute Gasteiger partial charge is 0.353 e. The zero-order chi connectivity index (χ0) is 24.1. The van der Waals surface area contributed by atoms with Crippen molar-refractivity contribution in [2.75, 3.05) is 7.11 Å². The summed E-state index contributed by atoms with van der Waals surface area (Å²) in [6.45, 7) is 4.65. The molecule has 4 rings (SSSR count). The summed E-state index contributed by atoms with van der Waals surface area (Å²) in [5.41, 5.74) is 5.12. The van der Waals surface area contributed by atoms with Gasteiger partial charge in [0.15, 0.2) is 0 Å². The molecule has 0 aliphatic rings. The van der Waals surface area contributed by atoms with Crippen molar-refractivity contribution in [2.24, 2.45) is 12.2 Å². The van der Waals surface area contributed by atoms with Gasteiger partial charge in [-0.05, 0) is 60.5 Å². The predicted molar refractivity (Wildman–Crippen MR) is 132 cm³/mol. The van der Waals surface area contributed by atoms with Crippen LogP contribution in [0.25, 0.3) is 5.69 Å². The summed E-state index contributed by atoms with van der Waals surface area (Å²) in [6, 6.07) is 15.6. The maximum atomic E-state index is 12.6. The second-order valence-corrected chi connectivity index (χ2v) is 8.48. The number of ether oxygens (including phenoxy) is 2. The highest BCUT2D eigenvalue weighted by Gasteiger charge is 2.16. The summed E-state index contributed by atoms with van der Waals surface area (Å²) < 4.78 is 14.0. The van der Waals surface area contributed by atoms with Crippen LogP contribution in [0.5, 0.6) is 11.8 Å². The lowest BCUT2D eigenvalue weighted by Crippen LogP contribution is -2.22. The van der Waals surface area contributed by atoms with Crippen LogP contribution in [0.15, 0.2) is 69.2 Å². The Labute approximate surface area is 201 Å². The van der Waals surface area contributed by atoms with E-state index in [1.54, 1.807) is 18.4 Å². The molecule has 0 atom stereocenters. The van der Waals surface area contributed by atoms with Gasteiger partial charge in [-0.1, -0.05) is 23.4 Å². The molecule has 176 valence electrons. The summed E-state index contributed by atoms with van der Waals surface area (Å²) in [6.07, 6.45) is 0. The molecule has 0 aliphatic heterocycles. The maximum absolute atomic E-state index is 12.6. The highest BCUT2D eigenvalue weighted by Crippen LogP contribution is 2.22. The first kappa shape index (κ1) is 23.3. The standard InChI is InChI=1S/C25H26N4O4S/c1-17-13-21(9-10-22(17)18(2)27-33-14-19-11-12-34-16-19)32-15-20-7-5-6-8-23(20)29-24(31-4)26-28(3)25(29)30/h5-13,16H,14-15H2,1-4H3/b27-18+. The van der Waals surface area contributed by atoms with E-state index in [0.717, 1.165) is 28.0 Å². The zero-order valence-electron chi connectivity index (χ0n) is 19.5. The average molecular weight is 479 g/mol. The Hall–Kier alpha value is -3.85. The number of benzene rings is 2. The van der Waals surface area contributed by atoms with Crippen molar-refractivity contribution in [2.45, 2.75) is 27.1 Å². The Morgan fingerprint density at radius 2 is 1.97 bits per heavy atom. The van der Waals surface area contributed by atoms with E-state index in [4.69, 9.17) is 14.3 Å². The lowest BCUT2D eigenvalue weighted by molar-refractivity contribution is 0.131. The Morgan fingerprint density at radius 3 is 2.71 bits per heavy atom. The number of nitrogens with zero attached hydrogens (tertiary/aromatic N) is 4. The number of hydrogen-bond donors (Lipinski definition) is 0. The number of oxime groups is 1. The van der Waals surface area contributed by atoms with Gasteiger partial charge in [0.25, 0.3) is 0 Å². The number of rotatable bonds is 9. The Bertz CT molecular complexity index is 1360. The van der Waals surface area contributed by atoms with Gasteiger partial charge in [0.05, 0.1) is 18.5 Å². The molecule has 34 heavy (non-hydrogen) atoms. The van der Waals surface area contributed by atoms with E-state index in [0.29, 0.717) is 18.0 Å². The van der Waals surface area contributed by atoms with E-state index < -0.39 is 0 Å². The van der Waals surface area contributed by atoms with Crippen molar-refractivity contribution in [3.63, 3.8) is 0 Å². The topological polar surface area (TPSA) is 79.9 Å². The molecule has 2 aromatic carbocycles. The second-order valence-electron chi connectivity index (χ2n) is 7.70. The van der Waals surface area contributed by atoms with E-state index in [1.807, 2.05) is 73.1 Å². The first-order valence-corrected chi connectivity index (χ1v) is 11.6. The maximum Gasteiger partial charge on any atom is 0.353 e. The minimum Gasteiger partial charge on any atom is -0.489 e. The lowest BCUT2D eigenvalue weighted by atomic mass is 10.0. The summed E-state index contributed by atoms with van der Waals surface area (Å²) in [5, 5.41) is 12.4. The summed E-state index contributed by atoms with van der Waals surface area (Å²) in [5.74, 6) is 0.716. The first-order chi connectivity index (χ1) is 16.5. The highest BCUT2D eigenvalue weighted by molar-refractivity contribution is 7.07. The third-order valence-corrected chi connectivity index (χ3v) is 6.04. The summed E-state index contributed by atoms with van der Waals surface area (Å²) >= 11 is 1.64. The molecule has 0 spiro atoms. The molecule has 0 saturated carbocycles. The van der Waals surface area contributed by atoms with Crippen molar-refractivity contribution >= 4 is 17.0 Å². The summed E-state index contributed by atoms with van der Waals surface area (Å²) in [7, 11) is 3.07. The number of aromatic nitrogens is 3. The van der Waals surface area contributed by atoms with Gasteiger partial charge < -0.3 is 14.3 Å². The van der Waals surface area contributed by atoms with Gasteiger partial charge >= 0.3 is 11.7 Å². The van der Waals surface area contributed by atoms with Crippen LogP contribution in [0.3, 0.4) is 0 Å². The molecular formula is C25H26N4O4S. The average Bonchev–Trinajstić information content (AvgIpc) is 3.45. The highest BCUT2D eigenvalue weighted by atomic mass is 32.1. The van der Waals surface area contributed by atoms with Crippen molar-refractivity contribution in [1.29, 1.82) is 0 Å². The molecule has 0 saturated heterocycles.